The van der Waals surface area contributed by atoms with Gasteiger partial charge in [-0.1, -0.05) is 12.1 Å². The molecule has 32 heavy (non-hydrogen) atoms. The number of fused-ring (bicyclic) bond motifs is 1. The molecule has 1 amide bonds. The van der Waals surface area contributed by atoms with Crippen LogP contribution >= 0.6 is 11.3 Å². The number of hydrogen-bond donors (Lipinski definition) is 1. The second-order valence-electron chi connectivity index (χ2n) is 7.92. The maximum atomic E-state index is 12.5. The Labute approximate surface area is 192 Å². The Bertz CT molecular complexity index is 1150. The zero-order chi connectivity index (χ0) is 22.7. The minimum Gasteiger partial charge on any atom is -0.353 e. The third-order valence-electron chi connectivity index (χ3n) is 5.61. The number of rotatable bonds is 7. The van der Waals surface area contributed by atoms with Gasteiger partial charge in [-0.2, -0.15) is 8.42 Å². The van der Waals surface area contributed by atoms with E-state index in [9.17, 15) is 18.0 Å². The van der Waals surface area contributed by atoms with Crippen molar-refractivity contribution < 1.29 is 18.0 Å². The lowest BCUT2D eigenvalue weighted by Crippen LogP contribution is -2.48. The number of thiophene rings is 1. The zero-order valence-corrected chi connectivity index (χ0v) is 19.5. The summed E-state index contributed by atoms with van der Waals surface area (Å²) in [5.74, 6) is 0.588. The second kappa shape index (κ2) is 9.51. The first kappa shape index (κ1) is 22.6. The highest BCUT2D eigenvalue weighted by Gasteiger charge is 2.32. The molecule has 2 aliphatic rings. The summed E-state index contributed by atoms with van der Waals surface area (Å²) in [7, 11) is -3.60. The van der Waals surface area contributed by atoms with Crippen LogP contribution in [-0.2, 0) is 21.4 Å². The number of carbonyl (C=O) groups excluding carboxylic acids is 2. The lowest BCUT2D eigenvalue weighted by atomic mass is 10.1. The van der Waals surface area contributed by atoms with Gasteiger partial charge in [-0.05, 0) is 37.2 Å². The molecule has 10 heteroatoms. The molecule has 1 saturated heterocycles. The number of benzene rings is 1. The van der Waals surface area contributed by atoms with E-state index in [2.05, 4.69) is 14.6 Å². The Morgan fingerprint density at radius 1 is 1.09 bits per heavy atom. The van der Waals surface area contributed by atoms with Crippen LogP contribution in [0, 0.1) is 0 Å². The van der Waals surface area contributed by atoms with Crippen molar-refractivity contribution >= 4 is 38.9 Å². The Kier molecular flexibility index (Phi) is 6.73. The molecule has 0 radical (unpaired) electrons. The van der Waals surface area contributed by atoms with Crippen LogP contribution in [0.25, 0.3) is 0 Å². The maximum absolute atomic E-state index is 12.5. The van der Waals surface area contributed by atoms with E-state index in [1.165, 1.54) is 18.3 Å². The average molecular weight is 475 g/mol. The number of nitrogens with zero attached hydrogens (tertiary/aromatic N) is 3. The molecular formula is C22H26N4O4S2. The van der Waals surface area contributed by atoms with Crippen LogP contribution in [0.5, 0.6) is 0 Å². The molecule has 1 fully saturated rings. The average Bonchev–Trinajstić information content (AvgIpc) is 3.36. The molecular weight excluding hydrogens is 448 g/mol. The smallest absolute Gasteiger partial charge is 0.285 e. The maximum Gasteiger partial charge on any atom is 0.285 e. The van der Waals surface area contributed by atoms with Crippen molar-refractivity contribution in [3.8, 4) is 0 Å². The minimum atomic E-state index is -3.60. The van der Waals surface area contributed by atoms with Crippen molar-refractivity contribution in [3.63, 3.8) is 0 Å². The Hall–Kier alpha value is -2.56. The molecule has 170 valence electrons. The lowest BCUT2D eigenvalue weighted by molar-refractivity contribution is -0.119. The fourth-order valence-corrected chi connectivity index (χ4v) is 6.06. The van der Waals surface area contributed by atoms with Crippen molar-refractivity contribution in [1.82, 2.24) is 15.1 Å². The van der Waals surface area contributed by atoms with Crippen molar-refractivity contribution in [1.29, 1.82) is 0 Å². The van der Waals surface area contributed by atoms with Gasteiger partial charge in [0, 0.05) is 50.0 Å². The Balaban J connectivity index is 1.23. The molecule has 2 aliphatic heterocycles. The third kappa shape index (κ3) is 5.08. The second-order valence-corrected chi connectivity index (χ2v) is 10.7. The summed E-state index contributed by atoms with van der Waals surface area (Å²) in [5.41, 5.74) is 0.681. The first-order valence-electron chi connectivity index (χ1n) is 10.6. The summed E-state index contributed by atoms with van der Waals surface area (Å²) in [6, 6.07) is 10.7. The van der Waals surface area contributed by atoms with Gasteiger partial charge in [0.25, 0.3) is 10.0 Å². The van der Waals surface area contributed by atoms with E-state index in [1.807, 2.05) is 29.2 Å². The van der Waals surface area contributed by atoms with Crippen molar-refractivity contribution in [2.75, 3.05) is 32.7 Å². The Morgan fingerprint density at radius 3 is 2.59 bits per heavy atom. The number of hydrogen-bond acceptors (Lipinski definition) is 7. The van der Waals surface area contributed by atoms with E-state index in [1.54, 1.807) is 12.1 Å². The summed E-state index contributed by atoms with van der Waals surface area (Å²) < 4.78 is 28.6. The molecule has 0 aliphatic carbocycles. The van der Waals surface area contributed by atoms with Crippen molar-refractivity contribution in [2.45, 2.75) is 31.2 Å². The fourth-order valence-electron chi connectivity index (χ4n) is 3.92. The summed E-state index contributed by atoms with van der Waals surface area (Å²) in [6.07, 6.45) is 1.26. The molecule has 1 aromatic carbocycles. The molecule has 1 N–H and O–H groups in total. The van der Waals surface area contributed by atoms with Crippen molar-refractivity contribution in [2.24, 2.45) is 4.40 Å². The number of Topliss-reactive ketones (excluding diaryl/α,β-unsaturated/α-hetero) is 1. The quantitative estimate of drug-likeness (QED) is 0.617. The fraction of sp³-hybridized carbons (Fsp3) is 0.409. The summed E-state index contributed by atoms with van der Waals surface area (Å²) in [5, 5.41) is 2.74. The van der Waals surface area contributed by atoms with Crippen LogP contribution in [-0.4, -0.2) is 68.5 Å². The summed E-state index contributed by atoms with van der Waals surface area (Å²) >= 11 is 1.43. The van der Waals surface area contributed by atoms with Crippen LogP contribution in [0.3, 0.4) is 0 Å². The van der Waals surface area contributed by atoms with E-state index in [0.717, 1.165) is 35.8 Å². The largest absolute Gasteiger partial charge is 0.353 e. The van der Waals surface area contributed by atoms with Crippen LogP contribution in [0.1, 0.15) is 39.9 Å². The van der Waals surface area contributed by atoms with Gasteiger partial charge in [0.05, 0.1) is 11.4 Å². The molecule has 4 rings (SSSR count). The van der Waals surface area contributed by atoms with Gasteiger partial charge in [-0.25, -0.2) is 0 Å². The van der Waals surface area contributed by atoms with E-state index < -0.39 is 10.0 Å². The molecule has 0 unspecified atom stereocenters. The standard InChI is InChI=1S/C22H26N4O4S2/c1-16(27)23-15-17-8-9-20(31-17)19(28)6-4-10-25-11-13-26(14-12-25)22-18-5-2-3-7-21(18)32(29,30)24-22/h2-3,5,7-9H,4,6,10-15H2,1H3,(H,23,27). The summed E-state index contributed by atoms with van der Waals surface area (Å²) in [4.78, 5) is 29.8. The molecule has 0 saturated carbocycles. The molecule has 1 aromatic heterocycles. The predicted molar refractivity (Wildman–Crippen MR) is 124 cm³/mol. The van der Waals surface area contributed by atoms with Crippen LogP contribution in [0.4, 0.5) is 0 Å². The van der Waals surface area contributed by atoms with Gasteiger partial charge in [0.2, 0.25) is 5.91 Å². The number of piperazine rings is 1. The molecule has 0 atom stereocenters. The van der Waals surface area contributed by atoms with Gasteiger partial charge in [-0.3, -0.25) is 14.5 Å². The molecule has 2 aromatic rings. The van der Waals surface area contributed by atoms with Gasteiger partial charge in [-0.15, -0.1) is 15.7 Å². The van der Waals surface area contributed by atoms with Gasteiger partial charge < -0.3 is 10.2 Å². The highest BCUT2D eigenvalue weighted by atomic mass is 32.2. The van der Waals surface area contributed by atoms with Crippen LogP contribution in [0.2, 0.25) is 0 Å². The molecule has 8 nitrogen and oxygen atoms in total. The normalized spacial score (nSPS) is 17.7. The highest BCUT2D eigenvalue weighted by Crippen LogP contribution is 2.28. The molecule has 3 heterocycles. The molecule has 0 bridgehead atoms. The Morgan fingerprint density at radius 2 is 1.84 bits per heavy atom. The summed E-state index contributed by atoms with van der Waals surface area (Å²) in [6.45, 7) is 5.76. The topological polar surface area (TPSA) is 99.2 Å². The number of sulfonamides is 1. The van der Waals surface area contributed by atoms with Gasteiger partial charge in [0.1, 0.15) is 4.90 Å². The van der Waals surface area contributed by atoms with Gasteiger partial charge in [0.15, 0.2) is 11.6 Å². The van der Waals surface area contributed by atoms with Crippen LogP contribution in [0.15, 0.2) is 45.7 Å². The van der Waals surface area contributed by atoms with Crippen LogP contribution < -0.4 is 5.32 Å². The van der Waals surface area contributed by atoms with E-state index >= 15 is 0 Å². The molecule has 0 spiro atoms. The number of nitrogens with one attached hydrogen (secondary N) is 1. The zero-order valence-electron chi connectivity index (χ0n) is 17.9. The van der Waals surface area contributed by atoms with E-state index in [-0.39, 0.29) is 16.6 Å². The third-order valence-corrected chi connectivity index (χ3v) is 8.06. The highest BCUT2D eigenvalue weighted by molar-refractivity contribution is 7.90. The number of ketones is 1. The number of carbonyl (C=O) groups is 2. The van der Waals surface area contributed by atoms with E-state index in [4.69, 9.17) is 0 Å². The van der Waals surface area contributed by atoms with Gasteiger partial charge >= 0.3 is 0 Å². The SMILES string of the molecule is CC(=O)NCc1ccc(C(=O)CCCN2CCN(C3=NS(=O)(=O)c4ccccc43)CC2)s1. The minimum absolute atomic E-state index is 0.0859. The van der Waals surface area contributed by atoms with Crippen molar-refractivity contribution in [3.05, 3.63) is 51.7 Å². The monoisotopic (exact) mass is 474 g/mol. The van der Waals surface area contributed by atoms with E-state index in [0.29, 0.717) is 37.5 Å². The first-order chi connectivity index (χ1) is 15.3. The number of amides is 1. The predicted octanol–water partition coefficient (Wildman–Crippen LogP) is 2.11. The first-order valence-corrected chi connectivity index (χ1v) is 12.9. The number of amidine groups is 1. The lowest BCUT2D eigenvalue weighted by Gasteiger charge is -2.35.